The van der Waals surface area contributed by atoms with E-state index in [9.17, 15) is 5.11 Å². The van der Waals surface area contributed by atoms with Crippen molar-refractivity contribution in [1.82, 2.24) is 4.98 Å². The number of nitrogens with zero attached hydrogens (tertiary/aromatic N) is 1. The maximum Gasteiger partial charge on any atom is 0.274 e. The fourth-order valence-corrected chi connectivity index (χ4v) is 3.25. The number of halogens is 1. The van der Waals surface area contributed by atoms with Crippen LogP contribution in [-0.4, -0.2) is 27.7 Å². The number of hydrogen-bond donors (Lipinski definition) is 1. The second kappa shape index (κ2) is 6.60. The Bertz CT molecular complexity index is 649. The molecule has 0 fully saturated rings. The van der Waals surface area contributed by atoms with Gasteiger partial charge in [0.25, 0.3) is 5.19 Å². The van der Waals surface area contributed by atoms with Crippen molar-refractivity contribution in [3.63, 3.8) is 0 Å². The fourth-order valence-electron chi connectivity index (χ4n) is 2.01. The highest BCUT2D eigenvalue weighted by Gasteiger charge is 2.20. The van der Waals surface area contributed by atoms with Gasteiger partial charge in [-0.1, -0.05) is 11.3 Å². The van der Waals surface area contributed by atoms with Gasteiger partial charge in [0.2, 0.25) is 0 Å². The molecule has 122 valence electrons. The summed E-state index contributed by atoms with van der Waals surface area (Å²) < 4.78 is 12.4. The Balaban J connectivity index is 2.52. The van der Waals surface area contributed by atoms with E-state index in [1.165, 1.54) is 11.3 Å². The van der Waals surface area contributed by atoms with Crippen LogP contribution in [0, 0.1) is 0 Å². The lowest BCUT2D eigenvalue weighted by molar-refractivity contribution is 0.130. The summed E-state index contributed by atoms with van der Waals surface area (Å²) >= 11 is 7.24. The van der Waals surface area contributed by atoms with Gasteiger partial charge in [0.1, 0.15) is 11.4 Å². The second-order valence-electron chi connectivity index (χ2n) is 6.39. The molecule has 1 aromatic heterocycles. The van der Waals surface area contributed by atoms with E-state index >= 15 is 0 Å². The van der Waals surface area contributed by atoms with Crippen LogP contribution in [0.15, 0.2) is 12.1 Å². The molecule has 4 nitrogen and oxygen atoms in total. The first-order valence-corrected chi connectivity index (χ1v) is 8.59. The first-order valence-electron chi connectivity index (χ1n) is 7.24. The summed E-state index contributed by atoms with van der Waals surface area (Å²) in [7, 11) is 0. The molecule has 6 heteroatoms. The molecule has 0 aliphatic carbocycles. The monoisotopic (exact) mass is 343 g/mol. The molecule has 1 aromatic carbocycles. The smallest absolute Gasteiger partial charge is 0.274 e. The van der Waals surface area contributed by atoms with Gasteiger partial charge in [0, 0.05) is 11.6 Å². The van der Waals surface area contributed by atoms with Gasteiger partial charge in [-0.25, -0.2) is 4.98 Å². The topological polar surface area (TPSA) is 51.6 Å². The maximum atomic E-state index is 10.2. The van der Waals surface area contributed by atoms with Crippen LogP contribution in [0.3, 0.4) is 0 Å². The van der Waals surface area contributed by atoms with Crippen molar-refractivity contribution in [2.45, 2.75) is 52.4 Å². The summed E-state index contributed by atoms with van der Waals surface area (Å²) in [5.41, 5.74) is 1.15. The third-order valence-electron chi connectivity index (χ3n) is 2.74. The minimum Gasteiger partial charge on any atom is -0.488 e. The van der Waals surface area contributed by atoms with E-state index in [0.717, 1.165) is 15.8 Å². The van der Waals surface area contributed by atoms with Crippen LogP contribution >= 0.6 is 22.9 Å². The number of thiazole rings is 1. The average Bonchev–Trinajstić information content (AvgIpc) is 2.76. The van der Waals surface area contributed by atoms with E-state index in [4.69, 9.17) is 21.1 Å². The molecule has 0 saturated heterocycles. The molecular weight excluding hydrogens is 322 g/mol. The van der Waals surface area contributed by atoms with Gasteiger partial charge in [-0.15, -0.1) is 11.6 Å². The Kier molecular flexibility index (Phi) is 5.20. The van der Waals surface area contributed by atoms with Gasteiger partial charge in [0.05, 0.1) is 28.3 Å². The molecule has 1 unspecified atom stereocenters. The molecular formula is C16H22ClNO3S. The molecule has 1 atom stereocenters. The number of hydrogen-bond acceptors (Lipinski definition) is 5. The highest BCUT2D eigenvalue weighted by molar-refractivity contribution is 7.20. The lowest BCUT2D eigenvalue weighted by Crippen LogP contribution is -2.23. The molecule has 2 aromatic rings. The number of fused-ring (bicyclic) bond motifs is 1. The van der Waals surface area contributed by atoms with Crippen molar-refractivity contribution in [3.05, 3.63) is 17.7 Å². The Hall–Kier alpha value is -1.04. The fraction of sp³-hybridized carbons (Fsp3) is 0.562. The zero-order valence-corrected chi connectivity index (χ0v) is 15.1. The van der Waals surface area contributed by atoms with E-state index < -0.39 is 6.10 Å². The summed E-state index contributed by atoms with van der Waals surface area (Å²) in [5.74, 6) is 0.785. The average molecular weight is 344 g/mol. The quantitative estimate of drug-likeness (QED) is 0.810. The van der Waals surface area contributed by atoms with E-state index in [1.54, 1.807) is 0 Å². The van der Waals surface area contributed by atoms with Crippen molar-refractivity contribution in [2.24, 2.45) is 0 Å². The summed E-state index contributed by atoms with van der Waals surface area (Å²) in [5, 5.41) is 10.8. The maximum absolute atomic E-state index is 10.2. The highest BCUT2D eigenvalue weighted by atomic mass is 35.5. The standard InChI is InChI=1S/C16H22ClNO3S/c1-9(2)20-15-18-12-7-10(21-16(3,4)5)6-11(13(19)8-17)14(12)22-15/h6-7,9,13,19H,8H2,1-5H3. The number of ether oxygens (including phenoxy) is 2. The minimum atomic E-state index is -0.764. The zero-order chi connectivity index (χ0) is 16.5. The molecule has 0 spiro atoms. The lowest BCUT2D eigenvalue weighted by atomic mass is 10.1. The molecule has 0 amide bonds. The Labute approximate surface area is 140 Å². The van der Waals surface area contributed by atoms with Crippen molar-refractivity contribution in [1.29, 1.82) is 0 Å². The largest absolute Gasteiger partial charge is 0.488 e. The van der Waals surface area contributed by atoms with E-state index in [0.29, 0.717) is 10.9 Å². The third-order valence-corrected chi connectivity index (χ3v) is 4.04. The Morgan fingerprint density at radius 2 is 2.00 bits per heavy atom. The van der Waals surface area contributed by atoms with Gasteiger partial charge >= 0.3 is 0 Å². The molecule has 0 aliphatic heterocycles. The number of benzene rings is 1. The third kappa shape index (κ3) is 4.24. The SMILES string of the molecule is CC(C)Oc1nc2cc(OC(C)(C)C)cc(C(O)CCl)c2s1. The van der Waals surface area contributed by atoms with E-state index in [1.807, 2.05) is 46.8 Å². The van der Waals surface area contributed by atoms with Crippen LogP contribution in [0.5, 0.6) is 10.9 Å². The van der Waals surface area contributed by atoms with Crippen LogP contribution in [-0.2, 0) is 0 Å². The summed E-state index contributed by atoms with van der Waals surface area (Å²) in [6.45, 7) is 9.83. The second-order valence-corrected chi connectivity index (χ2v) is 7.66. The van der Waals surface area contributed by atoms with Crippen LogP contribution in [0.4, 0.5) is 0 Å². The Morgan fingerprint density at radius 1 is 1.32 bits per heavy atom. The summed E-state index contributed by atoms with van der Waals surface area (Å²) in [4.78, 5) is 4.48. The summed E-state index contributed by atoms with van der Waals surface area (Å²) in [6, 6.07) is 3.70. The first-order chi connectivity index (χ1) is 10.2. The van der Waals surface area contributed by atoms with Crippen molar-refractivity contribution in [2.75, 3.05) is 5.88 Å². The number of rotatable bonds is 5. The van der Waals surface area contributed by atoms with Crippen molar-refractivity contribution < 1.29 is 14.6 Å². The molecule has 2 rings (SSSR count). The van der Waals surface area contributed by atoms with Crippen LogP contribution in [0.25, 0.3) is 10.2 Å². The molecule has 0 saturated carbocycles. The number of aliphatic hydroxyl groups excluding tert-OH is 1. The predicted molar refractivity (Wildman–Crippen MR) is 91.4 cm³/mol. The molecule has 22 heavy (non-hydrogen) atoms. The lowest BCUT2D eigenvalue weighted by Gasteiger charge is -2.22. The number of alkyl halides is 1. The van der Waals surface area contributed by atoms with Gasteiger partial charge < -0.3 is 14.6 Å². The van der Waals surface area contributed by atoms with Gasteiger partial charge in [-0.3, -0.25) is 0 Å². The van der Waals surface area contributed by atoms with Gasteiger partial charge in [0.15, 0.2) is 0 Å². The van der Waals surface area contributed by atoms with Crippen LogP contribution < -0.4 is 9.47 Å². The molecule has 0 bridgehead atoms. The van der Waals surface area contributed by atoms with Gasteiger partial charge in [-0.2, -0.15) is 0 Å². The van der Waals surface area contributed by atoms with E-state index in [2.05, 4.69) is 4.98 Å². The molecule has 1 heterocycles. The molecule has 0 radical (unpaired) electrons. The predicted octanol–water partition coefficient (Wildman–Crippen LogP) is 4.53. The highest BCUT2D eigenvalue weighted by Crippen LogP contribution is 2.38. The number of aromatic nitrogens is 1. The van der Waals surface area contributed by atoms with Gasteiger partial charge in [-0.05, 0) is 40.7 Å². The zero-order valence-electron chi connectivity index (χ0n) is 13.5. The summed E-state index contributed by atoms with van der Waals surface area (Å²) in [6.07, 6.45) is -0.715. The van der Waals surface area contributed by atoms with Crippen LogP contribution in [0.2, 0.25) is 0 Å². The molecule has 0 aliphatic rings. The first kappa shape index (κ1) is 17.3. The number of aliphatic hydroxyl groups is 1. The minimum absolute atomic E-state index is 0.0484. The van der Waals surface area contributed by atoms with Crippen LogP contribution in [0.1, 0.15) is 46.3 Å². The normalized spacial score (nSPS) is 13.6. The Morgan fingerprint density at radius 3 is 2.55 bits per heavy atom. The molecule has 1 N–H and O–H groups in total. The van der Waals surface area contributed by atoms with Crippen molar-refractivity contribution in [3.8, 4) is 10.9 Å². The van der Waals surface area contributed by atoms with E-state index in [-0.39, 0.29) is 17.6 Å². The van der Waals surface area contributed by atoms with Crippen molar-refractivity contribution >= 4 is 33.2 Å².